The lowest BCUT2D eigenvalue weighted by Gasteiger charge is -2.29. The summed E-state index contributed by atoms with van der Waals surface area (Å²) in [6.45, 7) is 4.85. The second kappa shape index (κ2) is 7.29. The quantitative estimate of drug-likeness (QED) is 0.767. The van der Waals surface area contributed by atoms with E-state index in [1.807, 2.05) is 19.1 Å². The number of anilines is 1. The van der Waals surface area contributed by atoms with Gasteiger partial charge in [-0.1, -0.05) is 25.1 Å². The van der Waals surface area contributed by atoms with E-state index in [0.29, 0.717) is 12.8 Å². The van der Waals surface area contributed by atoms with E-state index in [1.54, 1.807) is 7.05 Å². The van der Waals surface area contributed by atoms with Crippen molar-refractivity contribution in [1.29, 1.82) is 0 Å². The van der Waals surface area contributed by atoms with Crippen molar-refractivity contribution in [1.82, 2.24) is 5.32 Å². The highest BCUT2D eigenvalue weighted by Crippen LogP contribution is 2.21. The second-order valence-electron chi connectivity index (χ2n) is 5.30. The first-order valence-electron chi connectivity index (χ1n) is 7.16. The minimum Gasteiger partial charge on any atom is -0.480 e. The van der Waals surface area contributed by atoms with Crippen LogP contribution >= 0.6 is 0 Å². The zero-order valence-corrected chi connectivity index (χ0v) is 12.9. The monoisotopic (exact) mass is 278 g/mol. The van der Waals surface area contributed by atoms with Crippen LogP contribution in [0, 0.1) is 6.92 Å². The van der Waals surface area contributed by atoms with Gasteiger partial charge in [-0.2, -0.15) is 0 Å². The number of hydrogen-bond donors (Lipinski definition) is 2. The first-order valence-corrected chi connectivity index (χ1v) is 7.16. The maximum Gasteiger partial charge on any atom is 0.323 e. The van der Waals surface area contributed by atoms with Crippen LogP contribution in [0.2, 0.25) is 0 Å². The van der Waals surface area contributed by atoms with Crippen molar-refractivity contribution in [2.45, 2.75) is 38.6 Å². The van der Waals surface area contributed by atoms with Gasteiger partial charge in [0.2, 0.25) is 0 Å². The first-order chi connectivity index (χ1) is 9.46. The predicted molar refractivity (Wildman–Crippen MR) is 83.4 cm³/mol. The molecule has 0 aliphatic heterocycles. The molecule has 4 heteroatoms. The Bertz CT molecular complexity index is 442. The number of aryl methyl sites for hydroxylation is 1. The third-order valence-corrected chi connectivity index (χ3v) is 4.12. The number of carboxylic acid groups (broad SMARTS) is 1. The summed E-state index contributed by atoms with van der Waals surface area (Å²) in [5.74, 6) is -0.763. The highest BCUT2D eigenvalue weighted by molar-refractivity contribution is 5.78. The Morgan fingerprint density at radius 3 is 2.55 bits per heavy atom. The fraction of sp³-hybridized carbons (Fsp3) is 0.562. The van der Waals surface area contributed by atoms with Crippen molar-refractivity contribution in [3.05, 3.63) is 29.8 Å². The van der Waals surface area contributed by atoms with E-state index in [1.165, 1.54) is 11.3 Å². The highest BCUT2D eigenvalue weighted by Gasteiger charge is 2.34. The molecule has 1 aromatic rings. The molecule has 1 atom stereocenters. The summed E-state index contributed by atoms with van der Waals surface area (Å²) in [6, 6.07) is 8.24. The zero-order valence-electron chi connectivity index (χ0n) is 12.9. The molecule has 0 fully saturated rings. The summed E-state index contributed by atoms with van der Waals surface area (Å²) < 4.78 is 0. The molecule has 0 saturated carbocycles. The summed E-state index contributed by atoms with van der Waals surface area (Å²) >= 11 is 0. The number of carbonyl (C=O) groups is 1. The molecular formula is C16H26N2O2. The molecule has 0 amide bonds. The smallest absolute Gasteiger partial charge is 0.323 e. The number of para-hydroxylation sites is 1. The van der Waals surface area contributed by atoms with Crippen LogP contribution in [-0.2, 0) is 4.79 Å². The van der Waals surface area contributed by atoms with Gasteiger partial charge in [0.25, 0.3) is 0 Å². The summed E-state index contributed by atoms with van der Waals surface area (Å²) in [6.07, 6.45) is 2.06. The summed E-state index contributed by atoms with van der Waals surface area (Å²) in [4.78, 5) is 13.6. The number of likely N-dealkylation sites (N-methyl/N-ethyl adjacent to an activating group) is 1. The van der Waals surface area contributed by atoms with Crippen LogP contribution in [-0.4, -0.2) is 37.3 Å². The summed E-state index contributed by atoms with van der Waals surface area (Å²) in [5, 5.41) is 12.3. The molecule has 0 radical (unpaired) electrons. The van der Waals surface area contributed by atoms with E-state index in [2.05, 4.69) is 36.3 Å². The third-order valence-electron chi connectivity index (χ3n) is 4.12. The van der Waals surface area contributed by atoms with Crippen LogP contribution in [0.25, 0.3) is 0 Å². The molecule has 4 nitrogen and oxygen atoms in total. The molecule has 0 bridgehead atoms. The average molecular weight is 278 g/mol. The number of carboxylic acids is 1. The van der Waals surface area contributed by atoms with Gasteiger partial charge in [0.1, 0.15) is 5.54 Å². The van der Waals surface area contributed by atoms with Crippen LogP contribution in [0.1, 0.15) is 31.7 Å². The Morgan fingerprint density at radius 1 is 1.40 bits per heavy atom. The van der Waals surface area contributed by atoms with Gasteiger partial charge in [0, 0.05) is 19.3 Å². The molecule has 0 saturated heterocycles. The van der Waals surface area contributed by atoms with Gasteiger partial charge in [-0.25, -0.2) is 0 Å². The lowest BCUT2D eigenvalue weighted by Crippen LogP contribution is -2.50. The Kier molecular flexibility index (Phi) is 6.02. The Labute approximate surface area is 121 Å². The lowest BCUT2D eigenvalue weighted by molar-refractivity contribution is -0.145. The largest absolute Gasteiger partial charge is 0.480 e. The lowest BCUT2D eigenvalue weighted by atomic mass is 9.90. The minimum atomic E-state index is -0.799. The summed E-state index contributed by atoms with van der Waals surface area (Å²) in [7, 11) is 3.78. The number of benzene rings is 1. The third kappa shape index (κ3) is 3.73. The molecule has 1 aromatic carbocycles. The fourth-order valence-corrected chi connectivity index (χ4v) is 2.57. The molecule has 1 unspecified atom stereocenters. The van der Waals surface area contributed by atoms with Gasteiger partial charge in [0.05, 0.1) is 0 Å². The van der Waals surface area contributed by atoms with E-state index in [4.69, 9.17) is 0 Å². The molecule has 0 aromatic heterocycles. The van der Waals surface area contributed by atoms with Gasteiger partial charge in [-0.3, -0.25) is 4.79 Å². The van der Waals surface area contributed by atoms with Crippen LogP contribution in [0.3, 0.4) is 0 Å². The van der Waals surface area contributed by atoms with Crippen molar-refractivity contribution >= 4 is 11.7 Å². The molecule has 20 heavy (non-hydrogen) atoms. The molecule has 0 heterocycles. The maximum absolute atomic E-state index is 11.4. The van der Waals surface area contributed by atoms with E-state index in [-0.39, 0.29) is 0 Å². The standard InChI is InChI=1S/C16H26N2O2/c1-5-16(17-3,15(19)20)11-8-12-18(4)14-10-7-6-9-13(14)2/h6-7,9-10,17H,5,8,11-12H2,1-4H3,(H,19,20). The molecule has 0 aliphatic carbocycles. The fourth-order valence-electron chi connectivity index (χ4n) is 2.57. The Morgan fingerprint density at radius 2 is 2.05 bits per heavy atom. The maximum atomic E-state index is 11.4. The van der Waals surface area contributed by atoms with Crippen LogP contribution < -0.4 is 10.2 Å². The number of aliphatic carboxylic acids is 1. The molecular weight excluding hydrogens is 252 g/mol. The Hall–Kier alpha value is -1.55. The van der Waals surface area contributed by atoms with Crippen LogP contribution in [0.15, 0.2) is 24.3 Å². The van der Waals surface area contributed by atoms with Crippen molar-refractivity contribution in [2.75, 3.05) is 25.5 Å². The van der Waals surface area contributed by atoms with Crippen molar-refractivity contribution in [3.8, 4) is 0 Å². The molecule has 1 rings (SSSR count). The highest BCUT2D eigenvalue weighted by atomic mass is 16.4. The van der Waals surface area contributed by atoms with Crippen LogP contribution in [0.5, 0.6) is 0 Å². The van der Waals surface area contributed by atoms with Crippen molar-refractivity contribution in [2.24, 2.45) is 0 Å². The van der Waals surface area contributed by atoms with E-state index in [9.17, 15) is 9.90 Å². The number of nitrogens with zero attached hydrogens (tertiary/aromatic N) is 1. The SMILES string of the molecule is CCC(CCCN(C)c1ccccc1C)(NC)C(=O)O. The van der Waals surface area contributed by atoms with E-state index < -0.39 is 11.5 Å². The van der Waals surface area contributed by atoms with Gasteiger partial charge in [-0.05, 0) is 44.9 Å². The van der Waals surface area contributed by atoms with E-state index >= 15 is 0 Å². The number of nitrogens with one attached hydrogen (secondary N) is 1. The normalized spacial score (nSPS) is 13.8. The second-order valence-corrected chi connectivity index (χ2v) is 5.30. The molecule has 112 valence electrons. The van der Waals surface area contributed by atoms with Gasteiger partial charge < -0.3 is 15.3 Å². The van der Waals surface area contributed by atoms with E-state index in [0.717, 1.165) is 13.0 Å². The predicted octanol–water partition coefficient (Wildman–Crippen LogP) is 2.66. The van der Waals surface area contributed by atoms with Gasteiger partial charge in [0.15, 0.2) is 0 Å². The zero-order chi connectivity index (χ0) is 15.2. The minimum absolute atomic E-state index is 0.590. The van der Waals surface area contributed by atoms with Crippen LogP contribution in [0.4, 0.5) is 5.69 Å². The van der Waals surface area contributed by atoms with Gasteiger partial charge >= 0.3 is 5.97 Å². The molecule has 2 N–H and O–H groups in total. The number of hydrogen-bond acceptors (Lipinski definition) is 3. The molecule has 0 spiro atoms. The molecule has 0 aliphatic rings. The average Bonchev–Trinajstić information content (AvgIpc) is 2.44. The topological polar surface area (TPSA) is 52.6 Å². The Balaban J connectivity index is 2.60. The van der Waals surface area contributed by atoms with Gasteiger partial charge in [-0.15, -0.1) is 0 Å². The first kappa shape index (κ1) is 16.5. The summed E-state index contributed by atoms with van der Waals surface area (Å²) in [5.41, 5.74) is 1.64. The van der Waals surface area contributed by atoms with Crippen molar-refractivity contribution < 1.29 is 9.90 Å². The number of rotatable bonds is 8. The van der Waals surface area contributed by atoms with Crippen molar-refractivity contribution in [3.63, 3.8) is 0 Å².